The first kappa shape index (κ1) is 14.9. The van der Waals surface area contributed by atoms with E-state index in [1.54, 1.807) is 6.92 Å². The van der Waals surface area contributed by atoms with E-state index in [0.717, 1.165) is 25.9 Å². The quantitative estimate of drug-likeness (QED) is 0.363. The largest absolute Gasteiger partial charge is 0.354 e. The Labute approximate surface area is 108 Å². The highest BCUT2D eigenvalue weighted by Crippen LogP contribution is 2.18. The van der Waals surface area contributed by atoms with Crippen LogP contribution in [-0.2, 0) is 9.59 Å². The molecular formula is C12H24N4O2. The summed E-state index contributed by atoms with van der Waals surface area (Å²) >= 11 is 0. The van der Waals surface area contributed by atoms with Crippen molar-refractivity contribution >= 4 is 11.8 Å². The van der Waals surface area contributed by atoms with Gasteiger partial charge >= 0.3 is 0 Å². The van der Waals surface area contributed by atoms with E-state index in [-0.39, 0.29) is 29.8 Å². The molecule has 104 valence electrons. The molecule has 6 nitrogen and oxygen atoms in total. The van der Waals surface area contributed by atoms with Crippen molar-refractivity contribution in [1.82, 2.24) is 15.6 Å². The van der Waals surface area contributed by atoms with Gasteiger partial charge in [0.1, 0.15) is 0 Å². The number of amides is 2. The Bertz CT molecular complexity index is 300. The van der Waals surface area contributed by atoms with Gasteiger partial charge in [-0.05, 0) is 19.8 Å². The van der Waals surface area contributed by atoms with E-state index in [0.29, 0.717) is 0 Å². The normalized spacial score (nSPS) is 21.1. The molecule has 2 amide bonds. The summed E-state index contributed by atoms with van der Waals surface area (Å²) in [4.78, 5) is 24.7. The van der Waals surface area contributed by atoms with E-state index in [9.17, 15) is 9.59 Å². The van der Waals surface area contributed by atoms with Crippen molar-refractivity contribution in [1.29, 1.82) is 0 Å². The van der Waals surface area contributed by atoms with Crippen molar-refractivity contribution in [3.8, 4) is 0 Å². The first-order valence-electron chi connectivity index (χ1n) is 6.47. The maximum absolute atomic E-state index is 11.5. The van der Waals surface area contributed by atoms with Gasteiger partial charge in [0.25, 0.3) is 0 Å². The molecule has 18 heavy (non-hydrogen) atoms. The number of rotatable bonds is 4. The van der Waals surface area contributed by atoms with Crippen LogP contribution in [0.1, 0.15) is 33.6 Å². The summed E-state index contributed by atoms with van der Waals surface area (Å²) in [7, 11) is 0. The van der Waals surface area contributed by atoms with Crippen LogP contribution in [0.2, 0.25) is 0 Å². The van der Waals surface area contributed by atoms with E-state index in [1.165, 1.54) is 0 Å². The SMILES string of the molecule is CC(=O)NC1CCN(C(C)C(C)C(=O)NN)CC1. The fourth-order valence-electron chi connectivity index (χ4n) is 2.41. The predicted molar refractivity (Wildman–Crippen MR) is 69.4 cm³/mol. The Morgan fingerprint density at radius 1 is 1.28 bits per heavy atom. The van der Waals surface area contributed by atoms with Crippen LogP contribution in [0, 0.1) is 5.92 Å². The third kappa shape index (κ3) is 3.96. The standard InChI is InChI=1S/C12H24N4O2/c1-8(12(18)15-13)9(2)16-6-4-11(5-7-16)14-10(3)17/h8-9,11H,4-7,13H2,1-3H3,(H,14,17)(H,15,18). The highest BCUT2D eigenvalue weighted by molar-refractivity contribution is 5.78. The maximum atomic E-state index is 11.5. The van der Waals surface area contributed by atoms with Crippen LogP contribution in [0.5, 0.6) is 0 Å². The average molecular weight is 256 g/mol. The molecule has 0 spiro atoms. The summed E-state index contributed by atoms with van der Waals surface area (Å²) in [6.07, 6.45) is 1.86. The van der Waals surface area contributed by atoms with E-state index >= 15 is 0 Å². The minimum atomic E-state index is -0.133. The number of hydrogen-bond acceptors (Lipinski definition) is 4. The molecule has 1 fully saturated rings. The van der Waals surface area contributed by atoms with Crippen molar-refractivity contribution in [2.75, 3.05) is 13.1 Å². The fourth-order valence-corrected chi connectivity index (χ4v) is 2.41. The van der Waals surface area contributed by atoms with E-state index < -0.39 is 0 Å². The molecule has 0 aromatic heterocycles. The Hall–Kier alpha value is -1.14. The molecule has 2 unspecified atom stereocenters. The van der Waals surface area contributed by atoms with E-state index in [2.05, 4.69) is 15.6 Å². The minimum Gasteiger partial charge on any atom is -0.354 e. The van der Waals surface area contributed by atoms with Crippen LogP contribution in [-0.4, -0.2) is 41.9 Å². The summed E-state index contributed by atoms with van der Waals surface area (Å²) in [5.41, 5.74) is 2.20. The molecule has 0 radical (unpaired) electrons. The lowest BCUT2D eigenvalue weighted by Gasteiger charge is -2.38. The fraction of sp³-hybridized carbons (Fsp3) is 0.833. The van der Waals surface area contributed by atoms with Crippen molar-refractivity contribution in [3.63, 3.8) is 0 Å². The second-order valence-electron chi connectivity index (χ2n) is 5.05. The highest BCUT2D eigenvalue weighted by atomic mass is 16.2. The molecule has 1 heterocycles. The summed E-state index contributed by atoms with van der Waals surface area (Å²) in [6, 6.07) is 0.427. The number of nitrogens with zero attached hydrogens (tertiary/aromatic N) is 1. The van der Waals surface area contributed by atoms with Gasteiger partial charge in [-0.15, -0.1) is 0 Å². The molecule has 0 aromatic rings. The molecule has 1 saturated heterocycles. The van der Waals surface area contributed by atoms with E-state index in [1.807, 2.05) is 13.8 Å². The van der Waals surface area contributed by atoms with Crippen LogP contribution in [0.4, 0.5) is 0 Å². The van der Waals surface area contributed by atoms with Gasteiger partial charge in [0, 0.05) is 32.1 Å². The number of hydrogen-bond donors (Lipinski definition) is 3. The molecular weight excluding hydrogens is 232 g/mol. The second-order valence-corrected chi connectivity index (χ2v) is 5.05. The molecule has 1 aliphatic rings. The number of likely N-dealkylation sites (tertiary alicyclic amines) is 1. The van der Waals surface area contributed by atoms with Crippen molar-refractivity contribution in [2.45, 2.75) is 45.7 Å². The number of nitrogens with one attached hydrogen (secondary N) is 2. The van der Waals surface area contributed by atoms with Crippen LogP contribution < -0.4 is 16.6 Å². The van der Waals surface area contributed by atoms with Crippen LogP contribution in [0.25, 0.3) is 0 Å². The summed E-state index contributed by atoms with van der Waals surface area (Å²) < 4.78 is 0. The lowest BCUT2D eigenvalue weighted by molar-refractivity contribution is -0.126. The van der Waals surface area contributed by atoms with Gasteiger partial charge in [0.2, 0.25) is 11.8 Å². The maximum Gasteiger partial charge on any atom is 0.238 e. The van der Waals surface area contributed by atoms with Crippen molar-refractivity contribution < 1.29 is 9.59 Å². The lowest BCUT2D eigenvalue weighted by Crippen LogP contribution is -2.51. The second kappa shape index (κ2) is 6.70. The average Bonchev–Trinajstić information content (AvgIpc) is 2.36. The first-order valence-corrected chi connectivity index (χ1v) is 6.47. The molecule has 1 aliphatic heterocycles. The Morgan fingerprint density at radius 2 is 1.83 bits per heavy atom. The van der Waals surface area contributed by atoms with Crippen molar-refractivity contribution in [2.24, 2.45) is 11.8 Å². The number of hydrazine groups is 1. The number of carbonyl (C=O) groups is 2. The zero-order valence-corrected chi connectivity index (χ0v) is 11.4. The Morgan fingerprint density at radius 3 is 2.28 bits per heavy atom. The third-order valence-corrected chi connectivity index (χ3v) is 3.79. The van der Waals surface area contributed by atoms with Gasteiger partial charge < -0.3 is 5.32 Å². The predicted octanol–water partition coefficient (Wildman–Crippen LogP) is -0.399. The summed E-state index contributed by atoms with van der Waals surface area (Å²) in [5.74, 6) is 4.91. The first-order chi connectivity index (χ1) is 8.45. The van der Waals surface area contributed by atoms with Crippen LogP contribution in [0.3, 0.4) is 0 Å². The van der Waals surface area contributed by atoms with Gasteiger partial charge in [-0.1, -0.05) is 6.92 Å². The smallest absolute Gasteiger partial charge is 0.238 e. The van der Waals surface area contributed by atoms with Gasteiger partial charge in [-0.25, -0.2) is 5.84 Å². The molecule has 0 saturated carbocycles. The number of nitrogens with two attached hydrogens (primary N) is 1. The number of carbonyl (C=O) groups excluding carboxylic acids is 2. The zero-order valence-electron chi connectivity index (χ0n) is 11.4. The van der Waals surface area contributed by atoms with Crippen molar-refractivity contribution in [3.05, 3.63) is 0 Å². The lowest BCUT2D eigenvalue weighted by atomic mass is 9.97. The van der Waals surface area contributed by atoms with Crippen LogP contribution >= 0.6 is 0 Å². The molecule has 6 heteroatoms. The van der Waals surface area contributed by atoms with Gasteiger partial charge in [-0.3, -0.25) is 19.9 Å². The molecule has 4 N–H and O–H groups in total. The third-order valence-electron chi connectivity index (χ3n) is 3.79. The topological polar surface area (TPSA) is 87.5 Å². The van der Waals surface area contributed by atoms with Gasteiger partial charge in [0.05, 0.1) is 5.92 Å². The Balaban J connectivity index is 2.42. The molecule has 0 bridgehead atoms. The summed E-state index contributed by atoms with van der Waals surface area (Å²) in [6.45, 7) is 7.26. The monoisotopic (exact) mass is 256 g/mol. The molecule has 1 rings (SSSR count). The minimum absolute atomic E-state index is 0.0253. The summed E-state index contributed by atoms with van der Waals surface area (Å²) in [5, 5.41) is 2.94. The van der Waals surface area contributed by atoms with Crippen LogP contribution in [0.15, 0.2) is 0 Å². The van der Waals surface area contributed by atoms with Gasteiger partial charge in [-0.2, -0.15) is 0 Å². The zero-order chi connectivity index (χ0) is 13.7. The molecule has 0 aliphatic carbocycles. The van der Waals surface area contributed by atoms with Gasteiger partial charge in [0.15, 0.2) is 0 Å². The molecule has 0 aromatic carbocycles. The number of piperidine rings is 1. The molecule has 2 atom stereocenters. The van der Waals surface area contributed by atoms with E-state index in [4.69, 9.17) is 5.84 Å². The highest BCUT2D eigenvalue weighted by Gasteiger charge is 2.28. The Kier molecular flexibility index (Phi) is 5.55.